The molecule has 2 heterocycles. The number of hydrogen-bond acceptors (Lipinski definition) is 8. The number of hydrogen-bond donors (Lipinski definition) is 4. The van der Waals surface area contributed by atoms with E-state index in [-0.39, 0.29) is 67.8 Å². The molecule has 6 rings (SSSR count). The Morgan fingerprint density at radius 3 is 2.61 bits per heavy atom. The molecule has 4 aromatic rings. The lowest BCUT2D eigenvalue weighted by Gasteiger charge is -2.30. The molecule has 0 bridgehead atoms. The monoisotopic (exact) mass is 709 g/mol. The number of fused-ring (bicyclic) bond motifs is 1. The standard InChI is InChI=1S/C35H31Cl2F2N5O5/c1-34(33(41)46)16-49-31-23(34)13-26(44-30(31)22-8-9-24(39)28(37)27(22)36)35(47,19-4-3-5-20(38)12-19)15-43-32(45)17-10-18(14-42-21-6-7-21)29(40)25(11-17)48-2/h3-5,8-14,21,47H,6-7,15-16,40H2,1-2H3,(H2,41,46)(H,43,45)/t34-,35+/m0/s1. The molecule has 1 aliphatic carbocycles. The Bertz CT molecular complexity index is 2040. The maximum Gasteiger partial charge on any atom is 0.251 e. The summed E-state index contributed by atoms with van der Waals surface area (Å²) in [6.07, 6.45) is 3.53. The van der Waals surface area contributed by atoms with Crippen LogP contribution in [0.15, 0.2) is 59.6 Å². The second kappa shape index (κ2) is 12.9. The van der Waals surface area contributed by atoms with Crippen LogP contribution >= 0.6 is 23.2 Å². The predicted molar refractivity (Wildman–Crippen MR) is 181 cm³/mol. The Labute approximate surface area is 290 Å². The molecule has 0 unspecified atom stereocenters. The van der Waals surface area contributed by atoms with Crippen LogP contribution in [0.2, 0.25) is 10.0 Å². The average molecular weight is 711 g/mol. The summed E-state index contributed by atoms with van der Waals surface area (Å²) in [6.45, 7) is 0.836. The van der Waals surface area contributed by atoms with E-state index in [2.05, 4.69) is 15.3 Å². The number of carbonyl (C=O) groups is 2. The first-order valence-electron chi connectivity index (χ1n) is 15.2. The van der Waals surface area contributed by atoms with E-state index in [9.17, 15) is 23.5 Å². The number of nitrogen functional groups attached to an aromatic ring is 1. The van der Waals surface area contributed by atoms with Gasteiger partial charge in [0, 0.05) is 28.5 Å². The summed E-state index contributed by atoms with van der Waals surface area (Å²) in [5, 5.41) is 14.6. The molecule has 254 valence electrons. The summed E-state index contributed by atoms with van der Waals surface area (Å²) >= 11 is 12.6. The molecule has 2 amide bonds. The topological polar surface area (TPSA) is 162 Å². The van der Waals surface area contributed by atoms with Gasteiger partial charge in [0.15, 0.2) is 0 Å². The number of nitrogens with two attached hydrogens (primary N) is 2. The third-order valence-corrected chi connectivity index (χ3v) is 9.62. The van der Waals surface area contributed by atoms with Crippen LogP contribution in [-0.2, 0) is 15.8 Å². The van der Waals surface area contributed by atoms with E-state index in [0.29, 0.717) is 11.3 Å². The highest BCUT2D eigenvalue weighted by molar-refractivity contribution is 6.43. The van der Waals surface area contributed by atoms with Crippen molar-refractivity contribution in [3.05, 3.63) is 104 Å². The van der Waals surface area contributed by atoms with Crippen LogP contribution in [0.4, 0.5) is 14.5 Å². The van der Waals surface area contributed by atoms with Gasteiger partial charge in [0.05, 0.1) is 41.1 Å². The molecular formula is C35H31Cl2F2N5O5. The number of benzene rings is 3. The average Bonchev–Trinajstić information content (AvgIpc) is 3.85. The third kappa shape index (κ3) is 6.27. The zero-order valence-corrected chi connectivity index (χ0v) is 27.8. The Morgan fingerprint density at radius 1 is 1.18 bits per heavy atom. The van der Waals surface area contributed by atoms with Gasteiger partial charge in [0.1, 0.15) is 46.5 Å². The van der Waals surface area contributed by atoms with Crippen molar-refractivity contribution in [2.24, 2.45) is 10.7 Å². The molecule has 1 aromatic heterocycles. The fourth-order valence-corrected chi connectivity index (χ4v) is 5.96. The van der Waals surface area contributed by atoms with Crippen LogP contribution in [0.25, 0.3) is 11.3 Å². The number of aliphatic imine (C=N–C) groups is 1. The van der Waals surface area contributed by atoms with Crippen molar-refractivity contribution in [3.8, 4) is 22.8 Å². The summed E-state index contributed by atoms with van der Waals surface area (Å²) < 4.78 is 40.3. The van der Waals surface area contributed by atoms with Crippen molar-refractivity contribution in [1.82, 2.24) is 10.3 Å². The lowest BCUT2D eigenvalue weighted by molar-refractivity contribution is -0.123. The number of primary amides is 1. The fourth-order valence-electron chi connectivity index (χ4n) is 5.55. The van der Waals surface area contributed by atoms with Crippen LogP contribution in [0.3, 0.4) is 0 Å². The minimum atomic E-state index is -2.23. The zero-order chi connectivity index (χ0) is 35.2. The predicted octanol–water partition coefficient (Wildman–Crippen LogP) is 5.31. The van der Waals surface area contributed by atoms with Gasteiger partial charge in [-0.1, -0.05) is 35.3 Å². The van der Waals surface area contributed by atoms with Crippen molar-refractivity contribution in [2.45, 2.75) is 36.8 Å². The molecule has 6 N–H and O–H groups in total. The number of aliphatic hydroxyl groups is 1. The molecule has 1 fully saturated rings. The van der Waals surface area contributed by atoms with Gasteiger partial charge in [-0.25, -0.2) is 13.8 Å². The van der Waals surface area contributed by atoms with E-state index in [0.717, 1.165) is 25.0 Å². The maximum absolute atomic E-state index is 14.7. The third-order valence-electron chi connectivity index (χ3n) is 8.76. The summed E-state index contributed by atoms with van der Waals surface area (Å²) in [5.41, 5.74) is 9.61. The number of ether oxygens (including phenoxy) is 2. The van der Waals surface area contributed by atoms with Gasteiger partial charge in [-0.2, -0.15) is 0 Å². The van der Waals surface area contributed by atoms with Gasteiger partial charge in [-0.05, 0) is 67.8 Å². The molecule has 3 aromatic carbocycles. The van der Waals surface area contributed by atoms with Crippen LogP contribution < -0.4 is 26.3 Å². The van der Waals surface area contributed by atoms with Crippen molar-refractivity contribution in [1.29, 1.82) is 0 Å². The van der Waals surface area contributed by atoms with E-state index in [1.54, 1.807) is 19.2 Å². The van der Waals surface area contributed by atoms with Gasteiger partial charge in [-0.15, -0.1) is 0 Å². The molecule has 0 radical (unpaired) electrons. The van der Waals surface area contributed by atoms with Gasteiger partial charge < -0.3 is 31.4 Å². The number of aromatic nitrogens is 1. The number of anilines is 1. The molecule has 2 aliphatic rings. The normalized spacial score (nSPS) is 18.1. The highest BCUT2D eigenvalue weighted by Crippen LogP contribution is 2.48. The number of nitrogens with zero attached hydrogens (tertiary/aromatic N) is 2. The van der Waals surface area contributed by atoms with E-state index >= 15 is 0 Å². The number of pyridine rings is 1. The highest BCUT2D eigenvalue weighted by Gasteiger charge is 2.46. The molecule has 1 saturated carbocycles. The van der Waals surface area contributed by atoms with Gasteiger partial charge in [0.25, 0.3) is 5.91 Å². The lowest BCUT2D eigenvalue weighted by Crippen LogP contribution is -2.43. The Kier molecular flexibility index (Phi) is 8.99. The van der Waals surface area contributed by atoms with Crippen LogP contribution in [0.5, 0.6) is 11.5 Å². The van der Waals surface area contributed by atoms with Crippen molar-refractivity contribution >= 4 is 46.9 Å². The van der Waals surface area contributed by atoms with E-state index < -0.39 is 41.0 Å². The molecule has 2 atom stereocenters. The molecule has 10 nitrogen and oxygen atoms in total. The van der Waals surface area contributed by atoms with E-state index in [1.165, 1.54) is 43.5 Å². The lowest BCUT2D eigenvalue weighted by atomic mass is 9.80. The summed E-state index contributed by atoms with van der Waals surface area (Å²) in [6, 6.07) is 12.1. The SMILES string of the molecule is COc1cc(C(=O)NC[C@@](O)(c2cccc(F)c2)c2cc3c(c(-c4ccc(F)c(Cl)c4Cl)n2)OC[C@]3(C)C(N)=O)cc(C=NC2CC2)c1N. The van der Waals surface area contributed by atoms with Crippen LogP contribution in [0, 0.1) is 11.6 Å². The van der Waals surface area contributed by atoms with Gasteiger partial charge in [-0.3, -0.25) is 14.6 Å². The molecule has 0 saturated heterocycles. The van der Waals surface area contributed by atoms with Crippen LogP contribution in [0.1, 0.15) is 52.5 Å². The Morgan fingerprint density at radius 2 is 1.94 bits per heavy atom. The quantitative estimate of drug-likeness (QED) is 0.0986. The first-order valence-corrected chi connectivity index (χ1v) is 15.9. The number of carbonyl (C=O) groups excluding carboxylic acids is 2. The Balaban J connectivity index is 1.48. The number of nitrogens with one attached hydrogen (secondary N) is 1. The zero-order valence-electron chi connectivity index (χ0n) is 26.3. The summed E-state index contributed by atoms with van der Waals surface area (Å²) in [5.74, 6) is -2.48. The van der Waals surface area contributed by atoms with Gasteiger partial charge in [0.2, 0.25) is 5.91 Å². The minimum Gasteiger partial charge on any atom is -0.495 e. The second-order valence-corrected chi connectivity index (χ2v) is 12.9. The molecule has 0 spiro atoms. The fraction of sp³-hybridized carbons (Fsp3) is 0.257. The first kappa shape index (κ1) is 34.1. The second-order valence-electron chi connectivity index (χ2n) is 12.2. The van der Waals surface area contributed by atoms with Gasteiger partial charge >= 0.3 is 0 Å². The molecular weight excluding hydrogens is 679 g/mol. The van der Waals surface area contributed by atoms with Crippen molar-refractivity contribution in [2.75, 3.05) is 26.0 Å². The smallest absolute Gasteiger partial charge is 0.251 e. The first-order chi connectivity index (χ1) is 23.3. The van der Waals surface area contributed by atoms with E-state index in [4.69, 9.17) is 44.1 Å². The maximum atomic E-state index is 14.7. The Hall–Kier alpha value is -4.78. The highest BCUT2D eigenvalue weighted by atomic mass is 35.5. The number of methoxy groups -OCH3 is 1. The van der Waals surface area contributed by atoms with E-state index in [1.807, 2.05) is 0 Å². The number of halogens is 4. The summed E-state index contributed by atoms with van der Waals surface area (Å²) in [7, 11) is 1.42. The van der Waals surface area contributed by atoms with Crippen molar-refractivity contribution in [3.63, 3.8) is 0 Å². The molecule has 1 aliphatic heterocycles. The number of amides is 2. The number of rotatable bonds is 10. The largest absolute Gasteiger partial charge is 0.495 e. The molecule has 14 heteroatoms. The van der Waals surface area contributed by atoms with Crippen LogP contribution in [-0.4, -0.2) is 54.4 Å². The minimum absolute atomic E-state index is 0.00777. The summed E-state index contributed by atoms with van der Waals surface area (Å²) in [4.78, 5) is 35.6. The molecule has 49 heavy (non-hydrogen) atoms. The van der Waals surface area contributed by atoms with Crippen molar-refractivity contribution < 1.29 is 33.0 Å².